The quantitative estimate of drug-likeness (QED) is 0.822. The van der Waals surface area contributed by atoms with Crippen LogP contribution in [-0.4, -0.2) is 18.2 Å². The zero-order valence-electron chi connectivity index (χ0n) is 9.78. The van der Waals surface area contributed by atoms with Gasteiger partial charge in [0.1, 0.15) is 11.9 Å². The van der Waals surface area contributed by atoms with E-state index in [1.54, 1.807) is 0 Å². The highest BCUT2D eigenvalue weighted by atomic mass is 16.5. The van der Waals surface area contributed by atoms with E-state index in [9.17, 15) is 0 Å². The fourth-order valence-corrected chi connectivity index (χ4v) is 2.91. The standard InChI is InChI=1S/C14H19NO/c1-10-2-6-13(7-3-10)16-14-8-11-4-5-12(9-14)15-11/h2-3,6-7,11-12,14-15H,4-5,8-9H2,1H3/t11-,12-/m0/s1. The predicted molar refractivity (Wildman–Crippen MR) is 64.8 cm³/mol. The maximum atomic E-state index is 6.05. The van der Waals surface area contributed by atoms with Gasteiger partial charge in [0.2, 0.25) is 0 Å². The van der Waals surface area contributed by atoms with Crippen molar-refractivity contribution >= 4 is 0 Å². The summed E-state index contributed by atoms with van der Waals surface area (Å²) in [7, 11) is 0. The van der Waals surface area contributed by atoms with Crippen molar-refractivity contribution in [1.82, 2.24) is 5.32 Å². The minimum Gasteiger partial charge on any atom is -0.490 e. The maximum absolute atomic E-state index is 6.05. The number of benzene rings is 1. The molecule has 0 unspecified atom stereocenters. The number of rotatable bonds is 2. The van der Waals surface area contributed by atoms with Crippen LogP contribution in [0.15, 0.2) is 24.3 Å². The highest BCUT2D eigenvalue weighted by molar-refractivity contribution is 5.26. The largest absolute Gasteiger partial charge is 0.490 e. The average molecular weight is 217 g/mol. The zero-order chi connectivity index (χ0) is 11.0. The van der Waals surface area contributed by atoms with Crippen LogP contribution in [0.1, 0.15) is 31.2 Å². The van der Waals surface area contributed by atoms with Gasteiger partial charge in [0, 0.05) is 12.1 Å². The second kappa shape index (κ2) is 4.10. The molecule has 86 valence electrons. The lowest BCUT2D eigenvalue weighted by Crippen LogP contribution is -2.42. The predicted octanol–water partition coefficient (Wildman–Crippen LogP) is 2.66. The molecule has 1 aromatic carbocycles. The molecule has 0 aromatic heterocycles. The molecule has 2 bridgehead atoms. The summed E-state index contributed by atoms with van der Waals surface area (Å²) < 4.78 is 6.05. The average Bonchev–Trinajstić information content (AvgIpc) is 2.62. The molecule has 0 aliphatic carbocycles. The van der Waals surface area contributed by atoms with Crippen molar-refractivity contribution in [1.29, 1.82) is 0 Å². The summed E-state index contributed by atoms with van der Waals surface area (Å²) in [6, 6.07) is 9.80. The molecule has 2 atom stereocenters. The number of ether oxygens (including phenoxy) is 1. The van der Waals surface area contributed by atoms with Crippen LogP contribution in [-0.2, 0) is 0 Å². The topological polar surface area (TPSA) is 21.3 Å². The molecule has 2 nitrogen and oxygen atoms in total. The Balaban J connectivity index is 1.64. The van der Waals surface area contributed by atoms with Gasteiger partial charge in [0.25, 0.3) is 0 Å². The second-order valence-electron chi connectivity index (χ2n) is 5.16. The van der Waals surface area contributed by atoms with Gasteiger partial charge in [-0.3, -0.25) is 0 Å². The van der Waals surface area contributed by atoms with E-state index < -0.39 is 0 Å². The van der Waals surface area contributed by atoms with Crippen LogP contribution in [0.25, 0.3) is 0 Å². The molecule has 0 saturated carbocycles. The smallest absolute Gasteiger partial charge is 0.119 e. The summed E-state index contributed by atoms with van der Waals surface area (Å²) in [5.41, 5.74) is 1.29. The molecule has 3 rings (SSSR count). The molecular formula is C14H19NO. The van der Waals surface area contributed by atoms with Crippen molar-refractivity contribution in [2.45, 2.75) is 50.8 Å². The van der Waals surface area contributed by atoms with Crippen molar-refractivity contribution in [3.05, 3.63) is 29.8 Å². The molecule has 1 N–H and O–H groups in total. The van der Waals surface area contributed by atoms with Gasteiger partial charge in [-0.15, -0.1) is 0 Å². The van der Waals surface area contributed by atoms with Gasteiger partial charge < -0.3 is 10.1 Å². The number of nitrogens with one attached hydrogen (secondary N) is 1. The van der Waals surface area contributed by atoms with E-state index in [0.717, 1.165) is 5.75 Å². The summed E-state index contributed by atoms with van der Waals surface area (Å²) >= 11 is 0. The number of fused-ring (bicyclic) bond motifs is 2. The van der Waals surface area contributed by atoms with E-state index in [0.29, 0.717) is 18.2 Å². The fraction of sp³-hybridized carbons (Fsp3) is 0.571. The molecule has 0 radical (unpaired) electrons. The van der Waals surface area contributed by atoms with Crippen LogP contribution >= 0.6 is 0 Å². The Hall–Kier alpha value is -1.02. The Bertz CT molecular complexity index is 348. The summed E-state index contributed by atoms with van der Waals surface area (Å²) in [6.07, 6.45) is 5.42. The molecule has 2 aliphatic heterocycles. The summed E-state index contributed by atoms with van der Waals surface area (Å²) in [5, 5.41) is 3.64. The van der Waals surface area contributed by atoms with E-state index in [-0.39, 0.29) is 0 Å². The van der Waals surface area contributed by atoms with Crippen LogP contribution in [0.5, 0.6) is 5.75 Å². The number of piperidine rings is 1. The first-order valence-corrected chi connectivity index (χ1v) is 6.29. The second-order valence-corrected chi connectivity index (χ2v) is 5.16. The van der Waals surface area contributed by atoms with E-state index in [1.165, 1.54) is 31.2 Å². The molecule has 2 aliphatic rings. The number of hydrogen-bond acceptors (Lipinski definition) is 2. The Labute approximate surface area is 97.0 Å². The lowest BCUT2D eigenvalue weighted by Gasteiger charge is -2.29. The SMILES string of the molecule is Cc1ccc(OC2C[C@@H]3CC[C@@H](C2)N3)cc1. The molecule has 1 aromatic rings. The Morgan fingerprint density at radius 3 is 2.31 bits per heavy atom. The Morgan fingerprint density at radius 2 is 1.69 bits per heavy atom. The molecule has 2 heterocycles. The van der Waals surface area contributed by atoms with Crippen molar-refractivity contribution in [3.8, 4) is 5.75 Å². The lowest BCUT2D eigenvalue weighted by atomic mass is 10.0. The minimum atomic E-state index is 0.418. The minimum absolute atomic E-state index is 0.418. The normalized spacial score (nSPS) is 32.7. The third-order valence-corrected chi connectivity index (χ3v) is 3.75. The van der Waals surface area contributed by atoms with Crippen molar-refractivity contribution in [3.63, 3.8) is 0 Å². The Kier molecular flexibility index (Phi) is 2.60. The van der Waals surface area contributed by atoms with Crippen molar-refractivity contribution in [2.24, 2.45) is 0 Å². The monoisotopic (exact) mass is 217 g/mol. The third kappa shape index (κ3) is 2.07. The Morgan fingerprint density at radius 1 is 1.06 bits per heavy atom. The van der Waals surface area contributed by atoms with Gasteiger partial charge in [-0.05, 0) is 44.7 Å². The zero-order valence-corrected chi connectivity index (χ0v) is 9.78. The molecule has 2 fully saturated rings. The van der Waals surface area contributed by atoms with Crippen LogP contribution in [0, 0.1) is 6.92 Å². The van der Waals surface area contributed by atoms with Gasteiger partial charge in [-0.25, -0.2) is 0 Å². The maximum Gasteiger partial charge on any atom is 0.119 e. The molecule has 2 saturated heterocycles. The fourth-order valence-electron chi connectivity index (χ4n) is 2.91. The van der Waals surface area contributed by atoms with Crippen LogP contribution in [0.2, 0.25) is 0 Å². The highest BCUT2D eigenvalue weighted by Crippen LogP contribution is 2.29. The van der Waals surface area contributed by atoms with E-state index in [2.05, 4.69) is 36.5 Å². The van der Waals surface area contributed by atoms with Crippen LogP contribution in [0.4, 0.5) is 0 Å². The number of aryl methyl sites for hydroxylation is 1. The highest BCUT2D eigenvalue weighted by Gasteiger charge is 2.34. The molecule has 0 amide bonds. The van der Waals surface area contributed by atoms with E-state index in [4.69, 9.17) is 4.74 Å². The molecule has 16 heavy (non-hydrogen) atoms. The third-order valence-electron chi connectivity index (χ3n) is 3.75. The van der Waals surface area contributed by atoms with E-state index >= 15 is 0 Å². The first-order valence-electron chi connectivity index (χ1n) is 6.29. The summed E-state index contributed by atoms with van der Waals surface area (Å²) in [6.45, 7) is 2.11. The molecule has 0 spiro atoms. The van der Waals surface area contributed by atoms with Gasteiger partial charge in [-0.2, -0.15) is 0 Å². The summed E-state index contributed by atoms with van der Waals surface area (Å²) in [4.78, 5) is 0. The van der Waals surface area contributed by atoms with E-state index in [1.807, 2.05) is 0 Å². The lowest BCUT2D eigenvalue weighted by molar-refractivity contribution is 0.137. The van der Waals surface area contributed by atoms with Crippen molar-refractivity contribution < 1.29 is 4.74 Å². The first kappa shape index (κ1) is 10.2. The molecular weight excluding hydrogens is 198 g/mol. The van der Waals surface area contributed by atoms with Gasteiger partial charge in [0.15, 0.2) is 0 Å². The first-order chi connectivity index (χ1) is 7.79. The molecule has 2 heteroatoms. The van der Waals surface area contributed by atoms with Crippen molar-refractivity contribution in [2.75, 3.05) is 0 Å². The number of hydrogen-bond donors (Lipinski definition) is 1. The van der Waals surface area contributed by atoms with Gasteiger partial charge in [-0.1, -0.05) is 17.7 Å². The van der Waals surface area contributed by atoms with Gasteiger partial charge >= 0.3 is 0 Å². The summed E-state index contributed by atoms with van der Waals surface area (Å²) in [5.74, 6) is 1.02. The van der Waals surface area contributed by atoms with Gasteiger partial charge in [0.05, 0.1) is 0 Å². The van der Waals surface area contributed by atoms with Crippen LogP contribution < -0.4 is 10.1 Å². The van der Waals surface area contributed by atoms with Crippen LogP contribution in [0.3, 0.4) is 0 Å².